The van der Waals surface area contributed by atoms with Gasteiger partial charge in [0.15, 0.2) is 0 Å². The first-order valence-corrected chi connectivity index (χ1v) is 6.46. The third kappa shape index (κ3) is 3.19. The lowest BCUT2D eigenvalue weighted by Gasteiger charge is -2.37. The summed E-state index contributed by atoms with van der Waals surface area (Å²) in [7, 11) is 2.16. The molecule has 1 aliphatic heterocycles. The van der Waals surface area contributed by atoms with E-state index in [0.717, 1.165) is 31.2 Å². The van der Waals surface area contributed by atoms with E-state index in [-0.39, 0.29) is 0 Å². The molecule has 1 heterocycles. The molecule has 1 unspecified atom stereocenters. The molecule has 0 aromatic heterocycles. The zero-order chi connectivity index (χ0) is 12.3. The first-order valence-electron chi connectivity index (χ1n) is 6.09. The van der Waals surface area contributed by atoms with E-state index in [0.29, 0.717) is 12.6 Å². The Balaban J connectivity index is 2.10. The standard InChI is InChI=1S/C13H20ClN3/c1-16-5-7-17(8-6-16)13(10-15)11-3-2-4-12(14)9-11/h2-4,9,13H,5-8,10,15H2,1H3. The van der Waals surface area contributed by atoms with Crippen molar-refractivity contribution in [3.63, 3.8) is 0 Å². The van der Waals surface area contributed by atoms with Gasteiger partial charge in [-0.05, 0) is 24.7 Å². The lowest BCUT2D eigenvalue weighted by atomic mass is 10.0. The van der Waals surface area contributed by atoms with Gasteiger partial charge in [-0.1, -0.05) is 23.7 Å². The maximum absolute atomic E-state index is 6.04. The van der Waals surface area contributed by atoms with Gasteiger partial charge in [0.25, 0.3) is 0 Å². The summed E-state index contributed by atoms with van der Waals surface area (Å²) in [5.41, 5.74) is 7.15. The SMILES string of the molecule is CN1CCN(C(CN)c2cccc(Cl)c2)CC1. The monoisotopic (exact) mass is 253 g/mol. The van der Waals surface area contributed by atoms with Gasteiger partial charge in [-0.3, -0.25) is 4.90 Å². The summed E-state index contributed by atoms with van der Waals surface area (Å²) in [6, 6.07) is 8.33. The fraction of sp³-hybridized carbons (Fsp3) is 0.538. The Morgan fingerprint density at radius 2 is 2.00 bits per heavy atom. The largest absolute Gasteiger partial charge is 0.329 e. The minimum absolute atomic E-state index is 0.294. The Hall–Kier alpha value is -0.610. The van der Waals surface area contributed by atoms with Crippen LogP contribution in [0, 0.1) is 0 Å². The normalized spacial score (nSPS) is 20.4. The number of nitrogens with two attached hydrogens (primary N) is 1. The van der Waals surface area contributed by atoms with Crippen LogP contribution in [-0.2, 0) is 0 Å². The van der Waals surface area contributed by atoms with Crippen molar-refractivity contribution in [3.8, 4) is 0 Å². The van der Waals surface area contributed by atoms with E-state index in [1.807, 2.05) is 18.2 Å². The van der Waals surface area contributed by atoms with Crippen molar-refractivity contribution in [1.82, 2.24) is 9.80 Å². The van der Waals surface area contributed by atoms with Gasteiger partial charge in [-0.25, -0.2) is 0 Å². The molecule has 1 aromatic rings. The predicted octanol–water partition coefficient (Wildman–Crippen LogP) is 1.59. The van der Waals surface area contributed by atoms with Gasteiger partial charge in [0.2, 0.25) is 0 Å². The topological polar surface area (TPSA) is 32.5 Å². The zero-order valence-corrected chi connectivity index (χ0v) is 11.0. The van der Waals surface area contributed by atoms with Crippen LogP contribution in [0.25, 0.3) is 0 Å². The molecule has 1 saturated heterocycles. The van der Waals surface area contributed by atoms with Crippen molar-refractivity contribution in [2.75, 3.05) is 39.8 Å². The molecule has 0 aliphatic carbocycles. The number of nitrogens with zero attached hydrogens (tertiary/aromatic N) is 2. The Bertz CT molecular complexity index is 361. The molecule has 0 spiro atoms. The maximum Gasteiger partial charge on any atom is 0.0472 e. The minimum Gasteiger partial charge on any atom is -0.329 e. The highest BCUT2D eigenvalue weighted by Gasteiger charge is 2.22. The fourth-order valence-electron chi connectivity index (χ4n) is 2.34. The number of hydrogen-bond acceptors (Lipinski definition) is 3. The fourth-order valence-corrected chi connectivity index (χ4v) is 2.54. The van der Waals surface area contributed by atoms with Gasteiger partial charge in [0.1, 0.15) is 0 Å². The summed E-state index contributed by atoms with van der Waals surface area (Å²) in [6.07, 6.45) is 0. The molecule has 0 radical (unpaired) electrons. The summed E-state index contributed by atoms with van der Waals surface area (Å²) in [5, 5.41) is 0.787. The molecule has 1 atom stereocenters. The van der Waals surface area contributed by atoms with Gasteiger partial charge < -0.3 is 10.6 Å². The van der Waals surface area contributed by atoms with Crippen LogP contribution in [0.4, 0.5) is 0 Å². The molecule has 1 aromatic carbocycles. The lowest BCUT2D eigenvalue weighted by Crippen LogP contribution is -2.47. The molecule has 0 bridgehead atoms. The van der Waals surface area contributed by atoms with Crippen molar-refractivity contribution in [2.45, 2.75) is 6.04 Å². The van der Waals surface area contributed by atoms with Gasteiger partial charge in [-0.15, -0.1) is 0 Å². The number of halogens is 1. The van der Waals surface area contributed by atoms with E-state index >= 15 is 0 Å². The van der Waals surface area contributed by atoms with E-state index in [9.17, 15) is 0 Å². The molecule has 4 heteroatoms. The first-order chi connectivity index (χ1) is 8.20. The average Bonchev–Trinajstić information content (AvgIpc) is 2.33. The number of benzene rings is 1. The summed E-state index contributed by atoms with van der Waals surface area (Å²) >= 11 is 6.04. The van der Waals surface area contributed by atoms with E-state index in [1.54, 1.807) is 0 Å². The smallest absolute Gasteiger partial charge is 0.0472 e. The molecule has 0 saturated carbocycles. The van der Waals surface area contributed by atoms with Crippen LogP contribution in [0.15, 0.2) is 24.3 Å². The number of hydrogen-bond donors (Lipinski definition) is 1. The van der Waals surface area contributed by atoms with Crippen molar-refractivity contribution in [1.29, 1.82) is 0 Å². The molecule has 17 heavy (non-hydrogen) atoms. The molecular formula is C13H20ClN3. The summed E-state index contributed by atoms with van der Waals surface area (Å²) in [4.78, 5) is 4.80. The number of piperazine rings is 1. The van der Waals surface area contributed by atoms with E-state index in [1.165, 1.54) is 5.56 Å². The van der Waals surface area contributed by atoms with Crippen LogP contribution in [-0.4, -0.2) is 49.6 Å². The predicted molar refractivity (Wildman–Crippen MR) is 72.3 cm³/mol. The van der Waals surface area contributed by atoms with E-state index in [2.05, 4.69) is 22.9 Å². The number of likely N-dealkylation sites (N-methyl/N-ethyl adjacent to an activating group) is 1. The van der Waals surface area contributed by atoms with Gasteiger partial charge in [0.05, 0.1) is 0 Å². The second kappa shape index (κ2) is 5.83. The van der Waals surface area contributed by atoms with Crippen LogP contribution in [0.2, 0.25) is 5.02 Å². The Morgan fingerprint density at radius 1 is 1.29 bits per heavy atom. The van der Waals surface area contributed by atoms with Crippen molar-refractivity contribution in [2.24, 2.45) is 5.73 Å². The lowest BCUT2D eigenvalue weighted by molar-refractivity contribution is 0.114. The van der Waals surface area contributed by atoms with Gasteiger partial charge in [-0.2, -0.15) is 0 Å². The molecular weight excluding hydrogens is 234 g/mol. The van der Waals surface area contributed by atoms with Crippen molar-refractivity contribution in [3.05, 3.63) is 34.9 Å². The zero-order valence-electron chi connectivity index (χ0n) is 10.3. The summed E-state index contributed by atoms with van der Waals surface area (Å²) < 4.78 is 0. The average molecular weight is 254 g/mol. The highest BCUT2D eigenvalue weighted by atomic mass is 35.5. The highest BCUT2D eigenvalue weighted by Crippen LogP contribution is 2.23. The number of rotatable bonds is 3. The second-order valence-corrected chi connectivity index (χ2v) is 5.08. The quantitative estimate of drug-likeness (QED) is 0.888. The van der Waals surface area contributed by atoms with Gasteiger partial charge in [0, 0.05) is 43.8 Å². The van der Waals surface area contributed by atoms with Gasteiger partial charge >= 0.3 is 0 Å². The first kappa shape index (κ1) is 12.8. The van der Waals surface area contributed by atoms with E-state index in [4.69, 9.17) is 17.3 Å². The second-order valence-electron chi connectivity index (χ2n) is 4.65. The van der Waals surface area contributed by atoms with Crippen molar-refractivity contribution < 1.29 is 0 Å². The Labute approximate surface area is 108 Å². The molecule has 2 rings (SSSR count). The molecule has 2 N–H and O–H groups in total. The molecule has 1 aliphatic rings. The molecule has 1 fully saturated rings. The Kier molecular flexibility index (Phi) is 4.40. The van der Waals surface area contributed by atoms with Crippen LogP contribution in [0.3, 0.4) is 0 Å². The van der Waals surface area contributed by atoms with Crippen LogP contribution >= 0.6 is 11.6 Å². The van der Waals surface area contributed by atoms with Crippen LogP contribution < -0.4 is 5.73 Å². The summed E-state index contributed by atoms with van der Waals surface area (Å²) in [5.74, 6) is 0. The molecule has 94 valence electrons. The summed E-state index contributed by atoms with van der Waals surface area (Å²) in [6.45, 7) is 5.01. The third-order valence-electron chi connectivity index (χ3n) is 3.44. The van der Waals surface area contributed by atoms with Crippen LogP contribution in [0.1, 0.15) is 11.6 Å². The van der Waals surface area contributed by atoms with E-state index < -0.39 is 0 Å². The Morgan fingerprint density at radius 3 is 2.59 bits per heavy atom. The highest BCUT2D eigenvalue weighted by molar-refractivity contribution is 6.30. The molecule has 0 amide bonds. The van der Waals surface area contributed by atoms with Crippen LogP contribution in [0.5, 0.6) is 0 Å². The minimum atomic E-state index is 0.294. The maximum atomic E-state index is 6.04. The van der Waals surface area contributed by atoms with Crippen molar-refractivity contribution >= 4 is 11.6 Å². The third-order valence-corrected chi connectivity index (χ3v) is 3.67. The molecule has 3 nitrogen and oxygen atoms in total.